The molecule has 0 rings (SSSR count). The molecule has 0 bridgehead atoms. The lowest BCUT2D eigenvalue weighted by atomic mass is 10.5. The van der Waals surface area contributed by atoms with Crippen LogP contribution in [0.25, 0.3) is 4.85 Å². The fourth-order valence-electron chi connectivity index (χ4n) is 0.977. The molecular weight excluding hydrogens is 268 g/mol. The van der Waals surface area contributed by atoms with E-state index < -0.39 is 11.9 Å². The number of esters is 2. The first-order valence-corrected chi connectivity index (χ1v) is 5.87. The normalized spacial score (nSPS) is 9.30. The van der Waals surface area contributed by atoms with Crippen molar-refractivity contribution in [3.8, 4) is 6.07 Å². The van der Waals surface area contributed by atoms with Crippen LogP contribution in [-0.4, -0.2) is 58.1 Å². The standard InChI is InChI=1S/C12H16N2O6/c1-14-10-12(16)20-9-7-18-5-4-17-6-8-19-11(15)2-3-13/h2,4-10H2. The Bertz CT molecular complexity index is 335. The van der Waals surface area contributed by atoms with E-state index >= 15 is 0 Å². The SMILES string of the molecule is [C-]#[N+]CC(=O)OCCOCCOCCOC(=O)CC#N. The Morgan fingerprint density at radius 1 is 0.950 bits per heavy atom. The molecule has 0 aliphatic carbocycles. The minimum Gasteiger partial charge on any atom is -0.462 e. The summed E-state index contributed by atoms with van der Waals surface area (Å²) in [6, 6.07) is 1.68. The number of nitriles is 1. The third-order valence-corrected chi connectivity index (χ3v) is 1.79. The highest BCUT2D eigenvalue weighted by Crippen LogP contribution is 1.86. The van der Waals surface area contributed by atoms with Crippen molar-refractivity contribution in [3.63, 3.8) is 0 Å². The fraction of sp³-hybridized carbons (Fsp3) is 0.667. The van der Waals surface area contributed by atoms with Gasteiger partial charge in [-0.25, -0.2) is 11.4 Å². The van der Waals surface area contributed by atoms with E-state index in [9.17, 15) is 9.59 Å². The molecule has 0 N–H and O–H groups in total. The lowest BCUT2D eigenvalue weighted by Crippen LogP contribution is -2.15. The molecule has 0 fully saturated rings. The Kier molecular flexibility index (Phi) is 11.8. The van der Waals surface area contributed by atoms with Crippen LogP contribution in [0.4, 0.5) is 0 Å². The Morgan fingerprint density at radius 2 is 1.45 bits per heavy atom. The molecule has 0 radical (unpaired) electrons. The van der Waals surface area contributed by atoms with Crippen molar-refractivity contribution in [2.75, 3.05) is 46.2 Å². The summed E-state index contributed by atoms with van der Waals surface area (Å²) in [6.07, 6.45) is -0.269. The van der Waals surface area contributed by atoms with Crippen LogP contribution in [-0.2, 0) is 28.5 Å². The molecule has 0 aromatic heterocycles. The van der Waals surface area contributed by atoms with Crippen molar-refractivity contribution in [3.05, 3.63) is 11.4 Å². The largest absolute Gasteiger partial charge is 0.462 e. The smallest absolute Gasteiger partial charge is 0.387 e. The average molecular weight is 284 g/mol. The average Bonchev–Trinajstić information content (AvgIpc) is 2.41. The van der Waals surface area contributed by atoms with E-state index in [-0.39, 0.29) is 39.4 Å². The van der Waals surface area contributed by atoms with Gasteiger partial charge in [0.2, 0.25) is 0 Å². The van der Waals surface area contributed by atoms with Gasteiger partial charge in [-0.1, -0.05) is 0 Å². The summed E-state index contributed by atoms with van der Waals surface area (Å²) >= 11 is 0. The van der Waals surface area contributed by atoms with Crippen LogP contribution in [0.15, 0.2) is 0 Å². The van der Waals surface area contributed by atoms with Gasteiger partial charge in [0.1, 0.15) is 19.6 Å². The van der Waals surface area contributed by atoms with Crippen LogP contribution in [0.1, 0.15) is 6.42 Å². The third-order valence-electron chi connectivity index (χ3n) is 1.79. The minimum atomic E-state index is -0.575. The van der Waals surface area contributed by atoms with Gasteiger partial charge in [-0.15, -0.1) is 0 Å². The number of rotatable bonds is 11. The first-order chi connectivity index (χ1) is 9.70. The van der Waals surface area contributed by atoms with E-state index in [2.05, 4.69) is 14.3 Å². The van der Waals surface area contributed by atoms with E-state index in [0.717, 1.165) is 0 Å². The highest BCUT2D eigenvalue weighted by atomic mass is 16.6. The zero-order valence-electron chi connectivity index (χ0n) is 11.0. The highest BCUT2D eigenvalue weighted by molar-refractivity contribution is 5.73. The van der Waals surface area contributed by atoms with E-state index in [1.807, 2.05) is 0 Å². The summed E-state index contributed by atoms with van der Waals surface area (Å²) < 4.78 is 19.5. The van der Waals surface area contributed by atoms with Gasteiger partial charge in [-0.2, -0.15) is 5.26 Å². The molecule has 0 saturated heterocycles. The fourth-order valence-corrected chi connectivity index (χ4v) is 0.977. The van der Waals surface area contributed by atoms with Gasteiger partial charge >= 0.3 is 18.5 Å². The third kappa shape index (κ3) is 12.3. The lowest BCUT2D eigenvalue weighted by molar-refractivity contribution is -0.145. The zero-order valence-corrected chi connectivity index (χ0v) is 11.0. The lowest BCUT2D eigenvalue weighted by Gasteiger charge is -2.06. The second-order valence-corrected chi connectivity index (χ2v) is 3.32. The Labute approximate surface area is 117 Å². The van der Waals surface area contributed by atoms with E-state index in [0.29, 0.717) is 13.2 Å². The summed E-state index contributed by atoms with van der Waals surface area (Å²) in [5.41, 5.74) is 0. The summed E-state index contributed by atoms with van der Waals surface area (Å²) in [7, 11) is 0. The van der Waals surface area contributed by atoms with Crippen LogP contribution in [0.2, 0.25) is 0 Å². The molecule has 0 amide bonds. The Hall–Kier alpha value is -2.16. The van der Waals surface area contributed by atoms with Crippen molar-refractivity contribution >= 4 is 11.9 Å². The van der Waals surface area contributed by atoms with E-state index in [4.69, 9.17) is 21.3 Å². The monoisotopic (exact) mass is 284 g/mol. The highest BCUT2D eigenvalue weighted by Gasteiger charge is 2.04. The molecule has 110 valence electrons. The maximum atomic E-state index is 10.8. The number of ether oxygens (including phenoxy) is 4. The van der Waals surface area contributed by atoms with E-state index in [1.165, 1.54) is 0 Å². The second-order valence-electron chi connectivity index (χ2n) is 3.32. The topological polar surface area (TPSA) is 99.2 Å². The molecule has 0 atom stereocenters. The summed E-state index contributed by atoms with van der Waals surface area (Å²) in [5, 5.41) is 8.20. The van der Waals surface area contributed by atoms with Crippen LogP contribution in [0, 0.1) is 17.9 Å². The minimum absolute atomic E-state index is 0.0920. The molecule has 0 aliphatic rings. The van der Waals surface area contributed by atoms with Crippen LogP contribution in [0.3, 0.4) is 0 Å². The molecule has 0 spiro atoms. The number of hydrogen-bond acceptors (Lipinski definition) is 7. The summed E-state index contributed by atoms with van der Waals surface area (Å²) in [5.74, 6) is -1.15. The maximum absolute atomic E-state index is 10.8. The van der Waals surface area contributed by atoms with Crippen molar-refractivity contribution in [2.45, 2.75) is 6.42 Å². The second kappa shape index (κ2) is 13.3. The van der Waals surface area contributed by atoms with Crippen molar-refractivity contribution < 1.29 is 28.5 Å². The van der Waals surface area contributed by atoms with Gasteiger partial charge in [-0.3, -0.25) is 4.79 Å². The molecule has 0 aromatic carbocycles. The molecular formula is C12H16N2O6. The van der Waals surface area contributed by atoms with Crippen molar-refractivity contribution in [1.29, 1.82) is 5.26 Å². The first kappa shape index (κ1) is 17.8. The number of carbonyl (C=O) groups excluding carboxylic acids is 2. The zero-order chi connectivity index (χ0) is 15.1. The Morgan fingerprint density at radius 3 is 1.95 bits per heavy atom. The van der Waals surface area contributed by atoms with Gasteiger partial charge in [0.25, 0.3) is 0 Å². The number of nitrogens with zero attached hydrogens (tertiary/aromatic N) is 2. The summed E-state index contributed by atoms with van der Waals surface area (Å²) in [6.45, 7) is 7.42. The predicted molar refractivity (Wildman–Crippen MR) is 65.3 cm³/mol. The van der Waals surface area contributed by atoms with E-state index in [1.54, 1.807) is 6.07 Å². The molecule has 0 aliphatic heterocycles. The maximum Gasteiger partial charge on any atom is 0.387 e. The van der Waals surface area contributed by atoms with Crippen molar-refractivity contribution in [1.82, 2.24) is 0 Å². The van der Waals surface area contributed by atoms with Gasteiger partial charge in [0.15, 0.2) is 0 Å². The van der Waals surface area contributed by atoms with Gasteiger partial charge in [-0.05, 0) is 0 Å². The molecule has 8 nitrogen and oxygen atoms in total. The molecule has 0 saturated carbocycles. The summed E-state index contributed by atoms with van der Waals surface area (Å²) in [4.78, 5) is 24.4. The quantitative estimate of drug-likeness (QED) is 0.297. The van der Waals surface area contributed by atoms with Crippen LogP contribution in [0.5, 0.6) is 0 Å². The molecule has 0 heterocycles. The molecule has 20 heavy (non-hydrogen) atoms. The van der Waals surface area contributed by atoms with Gasteiger partial charge < -0.3 is 23.8 Å². The van der Waals surface area contributed by atoms with Gasteiger partial charge in [0.05, 0.1) is 32.5 Å². The predicted octanol–water partition coefficient (Wildman–Crippen LogP) is -0.0610. The number of carbonyl (C=O) groups is 2. The molecule has 0 unspecified atom stereocenters. The van der Waals surface area contributed by atoms with Gasteiger partial charge in [0, 0.05) is 0 Å². The molecule has 0 aromatic rings. The first-order valence-electron chi connectivity index (χ1n) is 5.87. The van der Waals surface area contributed by atoms with Crippen molar-refractivity contribution in [2.24, 2.45) is 0 Å². The molecule has 8 heteroatoms. The van der Waals surface area contributed by atoms with Crippen LogP contribution >= 0.6 is 0 Å². The number of hydrogen-bond donors (Lipinski definition) is 0. The van der Waals surface area contributed by atoms with Crippen LogP contribution < -0.4 is 0 Å². The Balaban J connectivity index is 3.18.